The molecule has 2 nitrogen and oxygen atoms in total. The molecule has 0 bridgehead atoms. The molecule has 2 heteroatoms. The van der Waals surface area contributed by atoms with Crippen molar-refractivity contribution in [3.8, 4) is 0 Å². The summed E-state index contributed by atoms with van der Waals surface area (Å²) in [5, 5.41) is 3.49. The first-order valence-electron chi connectivity index (χ1n) is 5.13. The van der Waals surface area contributed by atoms with E-state index in [4.69, 9.17) is 4.74 Å². The van der Waals surface area contributed by atoms with Gasteiger partial charge in [-0.15, -0.1) is 0 Å². The molecule has 0 spiro atoms. The molecule has 1 saturated carbocycles. The maximum Gasteiger partial charge on any atom is 0.0462 e. The highest BCUT2D eigenvalue weighted by molar-refractivity contribution is 4.71. The van der Waals surface area contributed by atoms with E-state index in [0.29, 0.717) is 0 Å². The number of nitrogens with one attached hydrogen (secondary N) is 1. The summed E-state index contributed by atoms with van der Waals surface area (Å²) in [6.07, 6.45) is 6.79. The lowest BCUT2D eigenvalue weighted by Crippen LogP contribution is -2.28. The van der Waals surface area contributed by atoms with E-state index in [1.807, 2.05) is 0 Å². The van der Waals surface area contributed by atoms with E-state index in [-0.39, 0.29) is 0 Å². The van der Waals surface area contributed by atoms with Crippen LogP contribution in [0.1, 0.15) is 32.1 Å². The summed E-state index contributed by atoms with van der Waals surface area (Å²) in [5.41, 5.74) is 0. The van der Waals surface area contributed by atoms with Crippen LogP contribution in [0.2, 0.25) is 0 Å². The van der Waals surface area contributed by atoms with Gasteiger partial charge < -0.3 is 10.1 Å². The fourth-order valence-corrected chi connectivity index (χ4v) is 1.50. The zero-order valence-electron chi connectivity index (χ0n) is 8.14. The van der Waals surface area contributed by atoms with Crippen LogP contribution in [0.3, 0.4) is 0 Å². The minimum absolute atomic E-state index is 0.908. The second-order valence-corrected chi connectivity index (χ2v) is 3.70. The van der Waals surface area contributed by atoms with E-state index in [1.54, 1.807) is 7.11 Å². The summed E-state index contributed by atoms with van der Waals surface area (Å²) in [6.45, 7) is 3.32. The van der Waals surface area contributed by atoms with E-state index in [0.717, 1.165) is 12.5 Å². The Labute approximate surface area is 75.7 Å². The van der Waals surface area contributed by atoms with Crippen LogP contribution >= 0.6 is 0 Å². The lowest BCUT2D eigenvalue weighted by Gasteiger charge is -2.25. The molecule has 1 aliphatic rings. The number of hydrogen-bond donors (Lipinski definition) is 1. The zero-order chi connectivity index (χ0) is 8.65. The van der Waals surface area contributed by atoms with Crippen LogP contribution in [-0.4, -0.2) is 26.8 Å². The van der Waals surface area contributed by atoms with Crippen molar-refractivity contribution in [1.82, 2.24) is 5.32 Å². The quantitative estimate of drug-likeness (QED) is 0.590. The lowest BCUT2D eigenvalue weighted by molar-refractivity contribution is 0.192. The number of methoxy groups -OCH3 is 1. The van der Waals surface area contributed by atoms with Gasteiger partial charge in [0.15, 0.2) is 0 Å². The van der Waals surface area contributed by atoms with E-state index >= 15 is 0 Å². The van der Waals surface area contributed by atoms with Crippen molar-refractivity contribution in [2.24, 2.45) is 5.92 Å². The van der Waals surface area contributed by atoms with Crippen molar-refractivity contribution in [2.45, 2.75) is 32.1 Å². The first kappa shape index (κ1) is 10.0. The first-order valence-corrected chi connectivity index (χ1v) is 5.13. The number of hydrogen-bond acceptors (Lipinski definition) is 2. The molecule has 0 saturated heterocycles. The van der Waals surface area contributed by atoms with E-state index in [2.05, 4.69) is 5.32 Å². The Morgan fingerprint density at radius 1 is 1.33 bits per heavy atom. The van der Waals surface area contributed by atoms with Crippen LogP contribution in [0.5, 0.6) is 0 Å². The molecule has 12 heavy (non-hydrogen) atoms. The fraction of sp³-hybridized carbons (Fsp3) is 1.00. The normalized spacial score (nSPS) is 17.8. The Bertz CT molecular complexity index is 102. The van der Waals surface area contributed by atoms with Crippen LogP contribution < -0.4 is 5.32 Å². The van der Waals surface area contributed by atoms with Crippen LogP contribution in [0.25, 0.3) is 0 Å². The predicted molar refractivity (Wildman–Crippen MR) is 51.3 cm³/mol. The Morgan fingerprint density at radius 2 is 2.17 bits per heavy atom. The molecule has 1 fully saturated rings. The van der Waals surface area contributed by atoms with E-state index < -0.39 is 0 Å². The second-order valence-electron chi connectivity index (χ2n) is 3.70. The van der Waals surface area contributed by atoms with Gasteiger partial charge in [-0.1, -0.05) is 6.42 Å². The van der Waals surface area contributed by atoms with Crippen LogP contribution in [0.4, 0.5) is 0 Å². The third-order valence-electron chi connectivity index (χ3n) is 2.61. The molecule has 0 aromatic carbocycles. The topological polar surface area (TPSA) is 21.3 Å². The molecule has 0 aliphatic heterocycles. The first-order chi connectivity index (χ1) is 5.93. The molecule has 1 aliphatic carbocycles. The van der Waals surface area contributed by atoms with Gasteiger partial charge in [0.2, 0.25) is 0 Å². The third kappa shape index (κ3) is 4.07. The molecule has 0 aromatic heterocycles. The van der Waals surface area contributed by atoms with Gasteiger partial charge in [0, 0.05) is 13.7 Å². The second kappa shape index (κ2) is 6.44. The van der Waals surface area contributed by atoms with Crippen molar-refractivity contribution >= 4 is 0 Å². The van der Waals surface area contributed by atoms with Crippen LogP contribution in [-0.2, 0) is 4.74 Å². The minimum atomic E-state index is 0.908. The summed E-state index contributed by atoms with van der Waals surface area (Å²) in [5.74, 6) is 0.993. The summed E-state index contributed by atoms with van der Waals surface area (Å²) in [4.78, 5) is 0. The molecule has 1 rings (SSSR count). The van der Waals surface area contributed by atoms with Crippen molar-refractivity contribution < 1.29 is 4.74 Å². The Kier molecular flexibility index (Phi) is 5.37. The number of ether oxygens (including phenoxy) is 1. The minimum Gasteiger partial charge on any atom is -0.385 e. The Hall–Kier alpha value is -0.0800. The fourth-order valence-electron chi connectivity index (χ4n) is 1.50. The van der Waals surface area contributed by atoms with Crippen molar-refractivity contribution in [3.63, 3.8) is 0 Å². The van der Waals surface area contributed by atoms with E-state index in [1.165, 1.54) is 45.2 Å². The summed E-state index contributed by atoms with van der Waals surface area (Å²) in [6, 6.07) is 0. The summed E-state index contributed by atoms with van der Waals surface area (Å²) >= 11 is 0. The van der Waals surface area contributed by atoms with Crippen LogP contribution in [0.15, 0.2) is 0 Å². The maximum atomic E-state index is 4.97. The highest BCUT2D eigenvalue weighted by Gasteiger charge is 2.15. The van der Waals surface area contributed by atoms with Gasteiger partial charge >= 0.3 is 0 Å². The van der Waals surface area contributed by atoms with Crippen molar-refractivity contribution in [1.29, 1.82) is 0 Å². The summed E-state index contributed by atoms with van der Waals surface area (Å²) < 4.78 is 4.97. The largest absolute Gasteiger partial charge is 0.385 e. The average Bonchev–Trinajstić information content (AvgIpc) is 2.00. The SMILES string of the molecule is COCCCCNCC1CCC1. The maximum absolute atomic E-state index is 4.97. The predicted octanol–water partition coefficient (Wildman–Crippen LogP) is 1.80. The number of unbranched alkanes of at least 4 members (excludes halogenated alkanes) is 1. The molecule has 0 amide bonds. The molecule has 0 atom stereocenters. The third-order valence-corrected chi connectivity index (χ3v) is 2.61. The van der Waals surface area contributed by atoms with Gasteiger partial charge in [-0.05, 0) is 44.7 Å². The van der Waals surface area contributed by atoms with Gasteiger partial charge in [0.05, 0.1) is 0 Å². The van der Waals surface area contributed by atoms with E-state index in [9.17, 15) is 0 Å². The highest BCUT2D eigenvalue weighted by atomic mass is 16.5. The van der Waals surface area contributed by atoms with Crippen LogP contribution in [0, 0.1) is 5.92 Å². The lowest BCUT2D eigenvalue weighted by atomic mass is 9.85. The van der Waals surface area contributed by atoms with Gasteiger partial charge in [0.25, 0.3) is 0 Å². The molecule has 0 aromatic rings. The van der Waals surface area contributed by atoms with Gasteiger partial charge in [-0.3, -0.25) is 0 Å². The molecule has 0 radical (unpaired) electrons. The standard InChI is InChI=1S/C10H21NO/c1-12-8-3-2-7-11-9-10-5-4-6-10/h10-11H,2-9H2,1H3. The van der Waals surface area contributed by atoms with Crippen molar-refractivity contribution in [2.75, 3.05) is 26.8 Å². The molecular weight excluding hydrogens is 150 g/mol. The molecular formula is C10H21NO. The monoisotopic (exact) mass is 171 g/mol. The summed E-state index contributed by atoms with van der Waals surface area (Å²) in [7, 11) is 1.77. The molecule has 0 unspecified atom stereocenters. The molecule has 72 valence electrons. The molecule has 0 heterocycles. The molecule has 1 N–H and O–H groups in total. The number of rotatable bonds is 7. The zero-order valence-corrected chi connectivity index (χ0v) is 8.14. The Balaban J connectivity index is 1.70. The van der Waals surface area contributed by atoms with Gasteiger partial charge in [-0.2, -0.15) is 0 Å². The van der Waals surface area contributed by atoms with Gasteiger partial charge in [-0.25, -0.2) is 0 Å². The smallest absolute Gasteiger partial charge is 0.0462 e. The van der Waals surface area contributed by atoms with Crippen molar-refractivity contribution in [3.05, 3.63) is 0 Å². The van der Waals surface area contributed by atoms with Gasteiger partial charge in [0.1, 0.15) is 0 Å². The highest BCUT2D eigenvalue weighted by Crippen LogP contribution is 2.24. The average molecular weight is 171 g/mol. The Morgan fingerprint density at radius 3 is 2.75 bits per heavy atom.